The van der Waals surface area contributed by atoms with Gasteiger partial charge in [-0.2, -0.15) is 0 Å². The molecule has 2 aromatic rings. The zero-order chi connectivity index (χ0) is 12.1. The van der Waals surface area contributed by atoms with Crippen molar-refractivity contribution in [3.05, 3.63) is 47.9 Å². The second kappa shape index (κ2) is 5.41. The Morgan fingerprint density at radius 1 is 1.35 bits per heavy atom. The summed E-state index contributed by atoms with van der Waals surface area (Å²) < 4.78 is 0. The highest BCUT2D eigenvalue weighted by Gasteiger charge is 2.05. The number of hydrogen-bond acceptors (Lipinski definition) is 3. The molecule has 4 heteroatoms. The van der Waals surface area contributed by atoms with E-state index in [0.29, 0.717) is 5.13 Å². The third-order valence-electron chi connectivity index (χ3n) is 2.12. The van der Waals surface area contributed by atoms with E-state index < -0.39 is 0 Å². The Kier molecular flexibility index (Phi) is 3.67. The minimum atomic E-state index is -0.151. The number of nitrogens with one attached hydrogen (secondary N) is 1. The first-order chi connectivity index (χ1) is 8.29. The van der Waals surface area contributed by atoms with Crippen LogP contribution in [0.5, 0.6) is 0 Å². The molecule has 0 unspecified atom stereocenters. The van der Waals surface area contributed by atoms with E-state index in [-0.39, 0.29) is 5.91 Å². The second-order valence-corrected chi connectivity index (χ2v) is 4.25. The van der Waals surface area contributed by atoms with E-state index in [9.17, 15) is 4.79 Å². The topological polar surface area (TPSA) is 42.0 Å². The van der Waals surface area contributed by atoms with Crippen LogP contribution in [-0.4, -0.2) is 10.9 Å². The predicted octanol–water partition coefficient (Wildman–Crippen LogP) is 3.32. The number of carbonyl (C=O) groups excluding carboxylic acids is 1. The number of thiazole rings is 1. The molecule has 0 aliphatic heterocycles. The van der Waals surface area contributed by atoms with Gasteiger partial charge >= 0.3 is 0 Å². The Morgan fingerprint density at radius 2 is 2.12 bits per heavy atom. The first kappa shape index (κ1) is 11.5. The number of rotatable bonds is 3. The van der Waals surface area contributed by atoms with Crippen LogP contribution in [0.2, 0.25) is 0 Å². The molecule has 1 heterocycles. The first-order valence-electron chi connectivity index (χ1n) is 5.24. The first-order valence-corrected chi connectivity index (χ1v) is 6.12. The molecule has 0 saturated heterocycles. The van der Waals surface area contributed by atoms with Gasteiger partial charge in [-0.1, -0.05) is 36.4 Å². The normalized spacial score (nSPS) is 10.6. The van der Waals surface area contributed by atoms with Gasteiger partial charge in [0.25, 0.3) is 0 Å². The molecule has 1 N–H and O–H groups in total. The van der Waals surface area contributed by atoms with E-state index in [4.69, 9.17) is 0 Å². The zero-order valence-corrected chi connectivity index (χ0v) is 10.2. The molecule has 2 rings (SSSR count). The van der Waals surface area contributed by atoms with Crippen LogP contribution in [0.15, 0.2) is 47.9 Å². The van der Waals surface area contributed by atoms with Gasteiger partial charge in [0.05, 0.1) is 5.69 Å². The highest BCUT2D eigenvalue weighted by Crippen LogP contribution is 2.24. The van der Waals surface area contributed by atoms with Crippen LogP contribution < -0.4 is 5.32 Å². The standard InChI is InChI=1S/C13H12N2OS/c1-2-6-12(16)15-13-14-11(9-17-13)10-7-4-3-5-8-10/h2-9H,1H3,(H,14,15,16)/b6-2+. The monoisotopic (exact) mass is 244 g/mol. The Labute approximate surface area is 104 Å². The molecule has 0 spiro atoms. The zero-order valence-electron chi connectivity index (χ0n) is 9.38. The lowest BCUT2D eigenvalue weighted by Crippen LogP contribution is -2.07. The molecule has 0 radical (unpaired) electrons. The van der Waals surface area contributed by atoms with Crippen molar-refractivity contribution in [3.63, 3.8) is 0 Å². The van der Waals surface area contributed by atoms with Gasteiger partial charge in [-0.05, 0) is 13.0 Å². The average Bonchev–Trinajstić information content (AvgIpc) is 2.79. The fourth-order valence-corrected chi connectivity index (χ4v) is 2.09. The minimum absolute atomic E-state index is 0.151. The van der Waals surface area contributed by atoms with Gasteiger partial charge in [0.15, 0.2) is 5.13 Å². The van der Waals surface area contributed by atoms with Crippen molar-refractivity contribution in [1.82, 2.24) is 4.98 Å². The van der Waals surface area contributed by atoms with Gasteiger partial charge in [-0.15, -0.1) is 11.3 Å². The number of anilines is 1. The Morgan fingerprint density at radius 3 is 2.82 bits per heavy atom. The van der Waals surface area contributed by atoms with E-state index in [1.807, 2.05) is 35.7 Å². The molecule has 0 aliphatic rings. The van der Waals surface area contributed by atoms with Gasteiger partial charge in [0.2, 0.25) is 5.91 Å². The van der Waals surface area contributed by atoms with Crippen molar-refractivity contribution in [2.45, 2.75) is 6.92 Å². The van der Waals surface area contributed by atoms with Gasteiger partial charge < -0.3 is 0 Å². The molecule has 0 aliphatic carbocycles. The van der Waals surface area contributed by atoms with Crippen molar-refractivity contribution >= 4 is 22.4 Å². The number of allylic oxidation sites excluding steroid dienone is 1. The van der Waals surface area contributed by atoms with Crippen LogP contribution in [0.4, 0.5) is 5.13 Å². The molecule has 86 valence electrons. The summed E-state index contributed by atoms with van der Waals surface area (Å²) in [4.78, 5) is 15.7. The van der Waals surface area contributed by atoms with E-state index in [1.165, 1.54) is 17.4 Å². The Bertz CT molecular complexity index is 531. The lowest BCUT2D eigenvalue weighted by atomic mass is 10.2. The fraction of sp³-hybridized carbons (Fsp3) is 0.0769. The lowest BCUT2D eigenvalue weighted by Gasteiger charge is -1.96. The highest BCUT2D eigenvalue weighted by atomic mass is 32.1. The molecular weight excluding hydrogens is 232 g/mol. The highest BCUT2D eigenvalue weighted by molar-refractivity contribution is 7.14. The molecule has 1 aromatic heterocycles. The SMILES string of the molecule is C/C=C/C(=O)Nc1nc(-c2ccccc2)cs1. The Balaban J connectivity index is 2.14. The number of benzene rings is 1. The fourth-order valence-electron chi connectivity index (χ4n) is 1.37. The summed E-state index contributed by atoms with van der Waals surface area (Å²) in [5.41, 5.74) is 1.93. The molecule has 0 fully saturated rings. The van der Waals surface area contributed by atoms with E-state index in [0.717, 1.165) is 11.3 Å². The maximum atomic E-state index is 11.3. The number of carbonyl (C=O) groups is 1. The summed E-state index contributed by atoms with van der Waals surface area (Å²) >= 11 is 1.42. The number of nitrogens with zero attached hydrogens (tertiary/aromatic N) is 1. The van der Waals surface area contributed by atoms with Crippen molar-refractivity contribution in [2.75, 3.05) is 5.32 Å². The van der Waals surface area contributed by atoms with Crippen LogP contribution in [0.25, 0.3) is 11.3 Å². The van der Waals surface area contributed by atoms with Crippen LogP contribution in [0.3, 0.4) is 0 Å². The van der Waals surface area contributed by atoms with Crippen molar-refractivity contribution < 1.29 is 4.79 Å². The van der Waals surface area contributed by atoms with Crippen molar-refractivity contribution in [3.8, 4) is 11.3 Å². The predicted molar refractivity (Wildman–Crippen MR) is 71.0 cm³/mol. The van der Waals surface area contributed by atoms with Gasteiger partial charge in [-0.3, -0.25) is 10.1 Å². The molecular formula is C13H12N2OS. The largest absolute Gasteiger partial charge is 0.298 e. The number of amides is 1. The smallest absolute Gasteiger partial charge is 0.249 e. The summed E-state index contributed by atoms with van der Waals surface area (Å²) in [6.07, 6.45) is 3.17. The number of hydrogen-bond donors (Lipinski definition) is 1. The maximum Gasteiger partial charge on any atom is 0.249 e. The minimum Gasteiger partial charge on any atom is -0.298 e. The summed E-state index contributed by atoms with van der Waals surface area (Å²) in [7, 11) is 0. The third-order valence-corrected chi connectivity index (χ3v) is 2.88. The summed E-state index contributed by atoms with van der Waals surface area (Å²) in [6.45, 7) is 1.80. The van der Waals surface area contributed by atoms with Crippen molar-refractivity contribution in [1.29, 1.82) is 0 Å². The van der Waals surface area contributed by atoms with E-state index >= 15 is 0 Å². The van der Waals surface area contributed by atoms with Crippen LogP contribution in [0, 0.1) is 0 Å². The molecule has 0 atom stereocenters. The molecule has 3 nitrogen and oxygen atoms in total. The van der Waals surface area contributed by atoms with Gasteiger partial charge in [-0.25, -0.2) is 4.98 Å². The van der Waals surface area contributed by atoms with Crippen LogP contribution in [-0.2, 0) is 4.79 Å². The van der Waals surface area contributed by atoms with Gasteiger partial charge in [0, 0.05) is 10.9 Å². The second-order valence-electron chi connectivity index (χ2n) is 3.39. The molecule has 17 heavy (non-hydrogen) atoms. The summed E-state index contributed by atoms with van der Waals surface area (Å²) in [5, 5.41) is 5.26. The van der Waals surface area contributed by atoms with Crippen LogP contribution >= 0.6 is 11.3 Å². The maximum absolute atomic E-state index is 11.3. The van der Waals surface area contributed by atoms with Crippen molar-refractivity contribution in [2.24, 2.45) is 0 Å². The van der Waals surface area contributed by atoms with Gasteiger partial charge in [0.1, 0.15) is 0 Å². The van der Waals surface area contributed by atoms with E-state index in [2.05, 4.69) is 10.3 Å². The summed E-state index contributed by atoms with van der Waals surface area (Å²) in [5.74, 6) is -0.151. The van der Waals surface area contributed by atoms with E-state index in [1.54, 1.807) is 13.0 Å². The Hall–Kier alpha value is -1.94. The molecule has 0 bridgehead atoms. The average molecular weight is 244 g/mol. The molecule has 1 aromatic carbocycles. The molecule has 0 saturated carbocycles. The number of aromatic nitrogens is 1. The third kappa shape index (κ3) is 3.01. The quantitative estimate of drug-likeness (QED) is 0.841. The lowest BCUT2D eigenvalue weighted by molar-refractivity contribution is -0.111. The summed E-state index contributed by atoms with van der Waals surface area (Å²) in [6, 6.07) is 9.88. The van der Waals surface area contributed by atoms with Crippen LogP contribution in [0.1, 0.15) is 6.92 Å². The molecule has 1 amide bonds.